The van der Waals surface area contributed by atoms with Crippen LogP contribution in [-0.4, -0.2) is 37.1 Å². The highest BCUT2D eigenvalue weighted by molar-refractivity contribution is 7.89. The molecule has 0 amide bonds. The minimum absolute atomic E-state index is 0.204. The number of nitrogens with zero attached hydrogens (tertiary/aromatic N) is 1. The molecule has 1 saturated heterocycles. The molecule has 0 spiro atoms. The summed E-state index contributed by atoms with van der Waals surface area (Å²) in [5, 5.41) is -0.398. The van der Waals surface area contributed by atoms with E-state index in [0.29, 0.717) is 13.0 Å². The lowest BCUT2D eigenvalue weighted by Gasteiger charge is -2.27. The molecule has 0 aromatic rings. The van der Waals surface area contributed by atoms with E-state index >= 15 is 0 Å². The molecule has 1 aliphatic rings. The van der Waals surface area contributed by atoms with Crippen LogP contribution in [0.15, 0.2) is 0 Å². The van der Waals surface area contributed by atoms with E-state index in [1.54, 1.807) is 4.31 Å². The molecular formula is C10H22N2O2S. The van der Waals surface area contributed by atoms with E-state index in [1.807, 2.05) is 13.8 Å². The maximum atomic E-state index is 12.2. The molecule has 1 heterocycles. The Hall–Kier alpha value is -0.130. The summed E-state index contributed by atoms with van der Waals surface area (Å²) < 4.78 is 26.1. The van der Waals surface area contributed by atoms with Gasteiger partial charge in [-0.1, -0.05) is 13.8 Å². The Balaban J connectivity index is 2.84. The third kappa shape index (κ3) is 2.52. The zero-order valence-corrected chi connectivity index (χ0v) is 10.5. The van der Waals surface area contributed by atoms with Crippen LogP contribution in [0.2, 0.25) is 0 Å². The van der Waals surface area contributed by atoms with E-state index in [4.69, 9.17) is 5.73 Å². The molecule has 1 fully saturated rings. The molecule has 0 bridgehead atoms. The first-order chi connectivity index (χ1) is 7.07. The van der Waals surface area contributed by atoms with Crippen LogP contribution in [0.4, 0.5) is 0 Å². The maximum Gasteiger partial charge on any atom is 0.218 e. The minimum Gasteiger partial charge on any atom is -0.329 e. The van der Waals surface area contributed by atoms with Gasteiger partial charge in [0.2, 0.25) is 10.0 Å². The van der Waals surface area contributed by atoms with Gasteiger partial charge >= 0.3 is 0 Å². The summed E-state index contributed by atoms with van der Waals surface area (Å²) in [5.41, 5.74) is 5.52. The topological polar surface area (TPSA) is 63.4 Å². The molecule has 0 radical (unpaired) electrons. The first kappa shape index (κ1) is 12.9. The van der Waals surface area contributed by atoms with Crippen molar-refractivity contribution >= 4 is 10.0 Å². The SMILES string of the molecule is CCC1CCCN1S(=O)(=O)C(CC)CN. The Kier molecular flexibility index (Phi) is 4.55. The fourth-order valence-electron chi connectivity index (χ4n) is 2.24. The van der Waals surface area contributed by atoms with E-state index in [9.17, 15) is 8.42 Å². The first-order valence-electron chi connectivity index (χ1n) is 5.78. The van der Waals surface area contributed by atoms with Crippen LogP contribution in [0.3, 0.4) is 0 Å². The van der Waals surface area contributed by atoms with Gasteiger partial charge in [-0.15, -0.1) is 0 Å². The van der Waals surface area contributed by atoms with Gasteiger partial charge in [0.1, 0.15) is 0 Å². The largest absolute Gasteiger partial charge is 0.329 e. The van der Waals surface area contributed by atoms with Gasteiger partial charge in [0.25, 0.3) is 0 Å². The Morgan fingerprint density at radius 2 is 2.13 bits per heavy atom. The molecule has 0 saturated carbocycles. The summed E-state index contributed by atoms with van der Waals surface area (Å²) in [6.45, 7) is 4.83. The van der Waals surface area contributed by atoms with Crippen molar-refractivity contribution in [1.29, 1.82) is 0 Å². The zero-order chi connectivity index (χ0) is 11.5. The van der Waals surface area contributed by atoms with Gasteiger partial charge in [0.15, 0.2) is 0 Å². The molecule has 2 N–H and O–H groups in total. The van der Waals surface area contributed by atoms with Crippen molar-refractivity contribution in [1.82, 2.24) is 4.31 Å². The molecule has 1 rings (SSSR count). The van der Waals surface area contributed by atoms with Crippen molar-refractivity contribution in [2.75, 3.05) is 13.1 Å². The molecule has 4 nitrogen and oxygen atoms in total. The summed E-state index contributed by atoms with van der Waals surface area (Å²) >= 11 is 0. The zero-order valence-electron chi connectivity index (χ0n) is 9.65. The first-order valence-corrected chi connectivity index (χ1v) is 7.28. The number of hydrogen-bond acceptors (Lipinski definition) is 3. The summed E-state index contributed by atoms with van der Waals surface area (Å²) in [6, 6.07) is 0.204. The Labute approximate surface area is 92.9 Å². The second kappa shape index (κ2) is 5.27. The lowest BCUT2D eigenvalue weighted by molar-refractivity contribution is 0.373. The standard InChI is InChI=1S/C10H22N2O2S/c1-3-9-6-5-7-12(9)15(13,14)10(4-2)8-11/h9-10H,3-8,11H2,1-2H3. The van der Waals surface area contributed by atoms with Crippen molar-refractivity contribution in [3.05, 3.63) is 0 Å². The highest BCUT2D eigenvalue weighted by Gasteiger charge is 2.36. The molecule has 0 aromatic heterocycles. The second-order valence-electron chi connectivity index (χ2n) is 4.13. The monoisotopic (exact) mass is 234 g/mol. The Morgan fingerprint density at radius 1 is 1.47 bits per heavy atom. The van der Waals surface area contributed by atoms with Crippen molar-refractivity contribution in [3.8, 4) is 0 Å². The molecule has 0 aliphatic carbocycles. The normalized spacial score (nSPS) is 25.7. The van der Waals surface area contributed by atoms with Gasteiger partial charge in [0.05, 0.1) is 5.25 Å². The van der Waals surface area contributed by atoms with Crippen LogP contribution in [0.25, 0.3) is 0 Å². The lowest BCUT2D eigenvalue weighted by atomic mass is 10.2. The van der Waals surface area contributed by atoms with Gasteiger partial charge < -0.3 is 5.73 Å². The van der Waals surface area contributed by atoms with E-state index < -0.39 is 15.3 Å². The van der Waals surface area contributed by atoms with Crippen LogP contribution in [0.1, 0.15) is 39.5 Å². The summed E-state index contributed by atoms with van der Waals surface area (Å²) in [4.78, 5) is 0. The van der Waals surface area contributed by atoms with Crippen LogP contribution >= 0.6 is 0 Å². The third-order valence-corrected chi connectivity index (χ3v) is 5.76. The van der Waals surface area contributed by atoms with Gasteiger partial charge in [-0.2, -0.15) is 4.31 Å². The summed E-state index contributed by atoms with van der Waals surface area (Å²) in [6.07, 6.45) is 3.49. The van der Waals surface area contributed by atoms with Crippen LogP contribution in [-0.2, 0) is 10.0 Å². The molecule has 1 aliphatic heterocycles. The molecule has 15 heavy (non-hydrogen) atoms. The summed E-state index contributed by atoms with van der Waals surface area (Å²) in [7, 11) is -3.15. The third-order valence-electron chi connectivity index (χ3n) is 3.26. The Bertz CT molecular complexity index is 286. The smallest absolute Gasteiger partial charge is 0.218 e. The van der Waals surface area contributed by atoms with Gasteiger partial charge in [-0.25, -0.2) is 8.42 Å². The number of nitrogens with two attached hydrogens (primary N) is 1. The molecule has 2 unspecified atom stereocenters. The average Bonchev–Trinajstić information content (AvgIpc) is 2.67. The quantitative estimate of drug-likeness (QED) is 0.769. The molecule has 2 atom stereocenters. The molecule has 5 heteroatoms. The van der Waals surface area contributed by atoms with Crippen molar-refractivity contribution < 1.29 is 8.42 Å². The molecule has 90 valence electrons. The summed E-state index contributed by atoms with van der Waals surface area (Å²) in [5.74, 6) is 0. The van der Waals surface area contributed by atoms with E-state index in [2.05, 4.69) is 0 Å². The number of sulfonamides is 1. The van der Waals surface area contributed by atoms with Crippen molar-refractivity contribution in [2.24, 2.45) is 5.73 Å². The van der Waals surface area contributed by atoms with E-state index in [-0.39, 0.29) is 12.6 Å². The van der Waals surface area contributed by atoms with E-state index in [1.165, 1.54) is 0 Å². The fraction of sp³-hybridized carbons (Fsp3) is 1.00. The Morgan fingerprint density at radius 3 is 2.60 bits per heavy atom. The molecular weight excluding hydrogens is 212 g/mol. The van der Waals surface area contributed by atoms with Gasteiger partial charge in [0, 0.05) is 19.1 Å². The number of rotatable bonds is 5. The maximum absolute atomic E-state index is 12.2. The lowest BCUT2D eigenvalue weighted by Crippen LogP contribution is -2.44. The fourth-order valence-corrected chi connectivity index (χ4v) is 4.34. The van der Waals surface area contributed by atoms with Gasteiger partial charge in [-0.3, -0.25) is 0 Å². The highest BCUT2D eigenvalue weighted by atomic mass is 32.2. The predicted molar refractivity (Wildman–Crippen MR) is 62.1 cm³/mol. The van der Waals surface area contributed by atoms with E-state index in [0.717, 1.165) is 19.3 Å². The van der Waals surface area contributed by atoms with Gasteiger partial charge in [-0.05, 0) is 25.7 Å². The van der Waals surface area contributed by atoms with Crippen LogP contribution < -0.4 is 5.73 Å². The predicted octanol–water partition coefficient (Wildman–Crippen LogP) is 0.928. The van der Waals surface area contributed by atoms with Crippen molar-refractivity contribution in [3.63, 3.8) is 0 Å². The average molecular weight is 234 g/mol. The van der Waals surface area contributed by atoms with Crippen LogP contribution in [0, 0.1) is 0 Å². The highest BCUT2D eigenvalue weighted by Crippen LogP contribution is 2.26. The molecule has 0 aromatic carbocycles. The number of hydrogen-bond donors (Lipinski definition) is 1. The minimum atomic E-state index is -3.15. The second-order valence-corrected chi connectivity index (χ2v) is 6.29. The van der Waals surface area contributed by atoms with Crippen molar-refractivity contribution in [2.45, 2.75) is 50.8 Å². The van der Waals surface area contributed by atoms with Crippen LogP contribution in [0.5, 0.6) is 0 Å².